The number of aryl methyl sites for hydroxylation is 1. The highest BCUT2D eigenvalue weighted by Gasteiger charge is 2.17. The van der Waals surface area contributed by atoms with Crippen LogP contribution >= 0.6 is 0 Å². The summed E-state index contributed by atoms with van der Waals surface area (Å²) in [5.41, 5.74) is 3.68. The molecule has 0 spiro atoms. The van der Waals surface area contributed by atoms with Gasteiger partial charge in [-0.15, -0.1) is 0 Å². The van der Waals surface area contributed by atoms with Crippen LogP contribution in [0.3, 0.4) is 0 Å². The van der Waals surface area contributed by atoms with Crippen molar-refractivity contribution < 1.29 is 9.13 Å². The van der Waals surface area contributed by atoms with Gasteiger partial charge in [0.05, 0.1) is 12.5 Å². The fraction of sp³-hybridized carbons (Fsp3) is 0.269. The zero-order valence-electron chi connectivity index (χ0n) is 19.0. The molecule has 0 saturated carbocycles. The van der Waals surface area contributed by atoms with Crippen LogP contribution in [0, 0.1) is 5.82 Å². The second kappa shape index (κ2) is 10.0. The average molecular weight is 459 g/mol. The molecule has 1 fully saturated rings. The first-order valence-corrected chi connectivity index (χ1v) is 11.5. The molecule has 0 bridgehead atoms. The smallest absolute Gasteiger partial charge is 0.227 e. The van der Waals surface area contributed by atoms with E-state index in [1.54, 1.807) is 12.5 Å². The van der Waals surface area contributed by atoms with Crippen LogP contribution in [-0.2, 0) is 13.0 Å². The van der Waals surface area contributed by atoms with Gasteiger partial charge in [0.2, 0.25) is 5.95 Å². The summed E-state index contributed by atoms with van der Waals surface area (Å²) in [6.07, 6.45) is 6.67. The third-order valence-corrected chi connectivity index (χ3v) is 5.78. The molecule has 4 aromatic rings. The van der Waals surface area contributed by atoms with Gasteiger partial charge in [-0.05, 0) is 42.6 Å². The number of hydrogen-bond acceptors (Lipinski definition) is 6. The molecule has 1 aliphatic rings. The molecular formula is C26H27FN6O. The molecule has 7 nitrogen and oxygen atoms in total. The Balaban J connectivity index is 1.36. The van der Waals surface area contributed by atoms with Crippen LogP contribution in [0.25, 0.3) is 11.4 Å². The van der Waals surface area contributed by atoms with Crippen molar-refractivity contribution in [1.82, 2.24) is 24.8 Å². The number of halogens is 1. The number of benzene rings is 2. The molecule has 174 valence electrons. The maximum absolute atomic E-state index is 14.6. The van der Waals surface area contributed by atoms with E-state index in [0.29, 0.717) is 18.2 Å². The Morgan fingerprint density at radius 1 is 1.15 bits per heavy atom. The molecular weight excluding hydrogens is 431 g/mol. The summed E-state index contributed by atoms with van der Waals surface area (Å²) in [4.78, 5) is 12.9. The van der Waals surface area contributed by atoms with Gasteiger partial charge in [-0.2, -0.15) is 0 Å². The van der Waals surface area contributed by atoms with Gasteiger partial charge in [0.1, 0.15) is 23.2 Å². The lowest BCUT2D eigenvalue weighted by atomic mass is 10.1. The van der Waals surface area contributed by atoms with Crippen molar-refractivity contribution >= 4 is 11.6 Å². The van der Waals surface area contributed by atoms with Gasteiger partial charge >= 0.3 is 0 Å². The molecule has 3 heterocycles. The first-order valence-electron chi connectivity index (χ1n) is 11.5. The van der Waals surface area contributed by atoms with Crippen molar-refractivity contribution in [3.8, 4) is 17.1 Å². The standard InChI is InChI=1S/C26H27FN6O/c1-2-18-10-20(12-22(11-18)34-21-8-9-28-13-21)31-26-29-14-23(27)25(32-26)24-16-33(17-30-24)15-19-6-4-3-5-7-19/h3-7,10-12,14,16-17,21,28H,2,8-9,13,15H2,1H3,(H,29,31,32). The summed E-state index contributed by atoms with van der Waals surface area (Å²) in [7, 11) is 0. The van der Waals surface area contributed by atoms with E-state index >= 15 is 0 Å². The quantitative estimate of drug-likeness (QED) is 0.403. The molecule has 1 aliphatic heterocycles. The molecule has 5 rings (SSSR count). The van der Waals surface area contributed by atoms with Crippen LogP contribution in [-0.4, -0.2) is 38.7 Å². The van der Waals surface area contributed by atoms with Crippen molar-refractivity contribution in [1.29, 1.82) is 0 Å². The predicted molar refractivity (Wildman–Crippen MR) is 130 cm³/mol. The maximum atomic E-state index is 14.6. The number of aromatic nitrogens is 4. The Hall–Kier alpha value is -3.78. The summed E-state index contributed by atoms with van der Waals surface area (Å²) in [5, 5.41) is 6.52. The number of nitrogens with zero attached hydrogens (tertiary/aromatic N) is 4. The maximum Gasteiger partial charge on any atom is 0.227 e. The summed E-state index contributed by atoms with van der Waals surface area (Å²) in [6.45, 7) is 4.56. The number of ether oxygens (including phenoxy) is 1. The van der Waals surface area contributed by atoms with E-state index in [4.69, 9.17) is 4.74 Å². The van der Waals surface area contributed by atoms with Crippen molar-refractivity contribution in [2.75, 3.05) is 18.4 Å². The van der Waals surface area contributed by atoms with Gasteiger partial charge in [0.15, 0.2) is 5.82 Å². The summed E-state index contributed by atoms with van der Waals surface area (Å²) in [6, 6.07) is 16.1. The summed E-state index contributed by atoms with van der Waals surface area (Å²) >= 11 is 0. The number of nitrogens with one attached hydrogen (secondary N) is 2. The van der Waals surface area contributed by atoms with Crippen LogP contribution in [0.1, 0.15) is 24.5 Å². The van der Waals surface area contributed by atoms with Crippen LogP contribution in [0.15, 0.2) is 67.3 Å². The van der Waals surface area contributed by atoms with E-state index in [-0.39, 0.29) is 11.8 Å². The number of hydrogen-bond donors (Lipinski definition) is 2. The molecule has 2 aromatic carbocycles. The van der Waals surface area contributed by atoms with Crippen molar-refractivity contribution in [2.24, 2.45) is 0 Å². The normalized spacial score (nSPS) is 15.4. The van der Waals surface area contributed by atoms with Crippen LogP contribution in [0.2, 0.25) is 0 Å². The summed E-state index contributed by atoms with van der Waals surface area (Å²) < 4.78 is 22.7. The number of imidazole rings is 1. The average Bonchev–Trinajstić information content (AvgIpc) is 3.53. The zero-order valence-corrected chi connectivity index (χ0v) is 19.0. The Labute approximate surface area is 198 Å². The molecule has 2 aromatic heterocycles. The fourth-order valence-corrected chi connectivity index (χ4v) is 4.03. The molecule has 34 heavy (non-hydrogen) atoms. The fourth-order valence-electron chi connectivity index (χ4n) is 4.03. The topological polar surface area (TPSA) is 76.9 Å². The van der Waals surface area contributed by atoms with E-state index in [9.17, 15) is 4.39 Å². The Bertz CT molecular complexity index is 1250. The third-order valence-electron chi connectivity index (χ3n) is 5.78. The molecule has 1 saturated heterocycles. The first kappa shape index (κ1) is 22.0. The molecule has 0 radical (unpaired) electrons. The predicted octanol–water partition coefficient (Wildman–Crippen LogP) is 4.57. The minimum Gasteiger partial charge on any atom is -0.489 e. The van der Waals surface area contributed by atoms with Crippen LogP contribution < -0.4 is 15.4 Å². The minimum atomic E-state index is -0.518. The molecule has 0 amide bonds. The van der Waals surface area contributed by atoms with E-state index in [2.05, 4.69) is 38.6 Å². The second-order valence-corrected chi connectivity index (χ2v) is 8.38. The Kier molecular flexibility index (Phi) is 6.49. The van der Waals surface area contributed by atoms with Crippen molar-refractivity contribution in [3.05, 3.63) is 84.2 Å². The Morgan fingerprint density at radius 3 is 2.82 bits per heavy atom. The van der Waals surface area contributed by atoms with E-state index < -0.39 is 5.82 Å². The van der Waals surface area contributed by atoms with Crippen molar-refractivity contribution in [2.45, 2.75) is 32.4 Å². The molecule has 2 N–H and O–H groups in total. The minimum absolute atomic E-state index is 0.157. The number of anilines is 2. The van der Waals surface area contributed by atoms with Crippen LogP contribution in [0.5, 0.6) is 5.75 Å². The monoisotopic (exact) mass is 458 g/mol. The summed E-state index contributed by atoms with van der Waals surface area (Å²) in [5.74, 6) is 0.587. The SMILES string of the molecule is CCc1cc(Nc2ncc(F)c(-c3cn(Cc4ccccc4)cn3)n2)cc(OC2CCNC2)c1. The largest absolute Gasteiger partial charge is 0.489 e. The molecule has 8 heteroatoms. The van der Waals surface area contributed by atoms with Crippen molar-refractivity contribution in [3.63, 3.8) is 0 Å². The van der Waals surface area contributed by atoms with Gasteiger partial charge in [-0.1, -0.05) is 37.3 Å². The highest BCUT2D eigenvalue weighted by Crippen LogP contribution is 2.26. The second-order valence-electron chi connectivity index (χ2n) is 8.38. The van der Waals surface area contributed by atoms with E-state index in [0.717, 1.165) is 48.5 Å². The zero-order chi connectivity index (χ0) is 23.3. The lowest BCUT2D eigenvalue weighted by Gasteiger charge is -2.15. The molecule has 1 unspecified atom stereocenters. The lowest BCUT2D eigenvalue weighted by Crippen LogP contribution is -2.19. The van der Waals surface area contributed by atoms with Gasteiger partial charge in [0, 0.05) is 31.0 Å². The van der Waals surface area contributed by atoms with Gasteiger partial charge in [-0.3, -0.25) is 0 Å². The third kappa shape index (κ3) is 5.23. The van der Waals surface area contributed by atoms with E-state index in [1.165, 1.54) is 6.20 Å². The number of rotatable bonds is 8. The lowest BCUT2D eigenvalue weighted by molar-refractivity contribution is 0.223. The van der Waals surface area contributed by atoms with Gasteiger partial charge in [0.25, 0.3) is 0 Å². The van der Waals surface area contributed by atoms with Gasteiger partial charge < -0.3 is 19.9 Å². The molecule has 0 aliphatic carbocycles. The first-order chi connectivity index (χ1) is 16.7. The van der Waals surface area contributed by atoms with Crippen LogP contribution in [0.4, 0.5) is 16.0 Å². The Morgan fingerprint density at radius 2 is 2.03 bits per heavy atom. The highest BCUT2D eigenvalue weighted by atomic mass is 19.1. The highest BCUT2D eigenvalue weighted by molar-refractivity contribution is 5.61. The van der Waals surface area contributed by atoms with E-state index in [1.807, 2.05) is 47.0 Å². The van der Waals surface area contributed by atoms with Gasteiger partial charge in [-0.25, -0.2) is 19.3 Å². The molecule has 1 atom stereocenters.